The zero-order chi connectivity index (χ0) is 12.1. The van der Waals surface area contributed by atoms with Crippen LogP contribution in [0.1, 0.15) is 40.5 Å². The van der Waals surface area contributed by atoms with Crippen LogP contribution in [0.15, 0.2) is 0 Å². The standard InChI is InChI=1S/C11H20S5/c1-5-7(3)13-9-10(14-8(4)6-2)16-11(12)15-9/h7-10H,5-6H2,1-4H3. The minimum atomic E-state index is 0.659. The first-order valence-electron chi connectivity index (χ1n) is 5.75. The minimum absolute atomic E-state index is 0.659. The Labute approximate surface area is 122 Å². The summed E-state index contributed by atoms with van der Waals surface area (Å²) < 4.78 is 2.46. The van der Waals surface area contributed by atoms with Gasteiger partial charge >= 0.3 is 0 Å². The molecule has 4 atom stereocenters. The molecule has 1 saturated heterocycles. The molecule has 0 nitrogen and oxygen atoms in total. The van der Waals surface area contributed by atoms with E-state index in [-0.39, 0.29) is 0 Å². The lowest BCUT2D eigenvalue weighted by atomic mass is 10.4. The summed E-state index contributed by atoms with van der Waals surface area (Å²) in [4.78, 5) is 0. The van der Waals surface area contributed by atoms with E-state index in [2.05, 4.69) is 51.2 Å². The van der Waals surface area contributed by atoms with Gasteiger partial charge in [0.2, 0.25) is 0 Å². The normalized spacial score (nSPS) is 29.4. The first kappa shape index (κ1) is 15.5. The fraction of sp³-hybridized carbons (Fsp3) is 0.909. The van der Waals surface area contributed by atoms with E-state index >= 15 is 0 Å². The molecule has 1 aliphatic heterocycles. The number of thiocarbonyl (C=S) groups is 1. The van der Waals surface area contributed by atoms with Crippen molar-refractivity contribution >= 4 is 62.8 Å². The van der Waals surface area contributed by atoms with Crippen molar-refractivity contribution in [3.63, 3.8) is 0 Å². The molecular formula is C11H20S5. The molecule has 1 rings (SSSR count). The first-order valence-corrected chi connectivity index (χ1v) is 9.80. The maximum absolute atomic E-state index is 5.35. The van der Waals surface area contributed by atoms with Crippen LogP contribution in [0, 0.1) is 0 Å². The molecule has 1 aliphatic rings. The number of thioether (sulfide) groups is 4. The van der Waals surface area contributed by atoms with Crippen molar-refractivity contribution in [2.45, 2.75) is 60.2 Å². The Morgan fingerprint density at radius 3 is 1.75 bits per heavy atom. The predicted molar refractivity (Wildman–Crippen MR) is 90.0 cm³/mol. The zero-order valence-electron chi connectivity index (χ0n) is 10.3. The van der Waals surface area contributed by atoms with E-state index in [1.807, 2.05) is 23.5 Å². The van der Waals surface area contributed by atoms with Crippen LogP contribution in [0.5, 0.6) is 0 Å². The van der Waals surface area contributed by atoms with E-state index in [1.54, 1.807) is 0 Å². The van der Waals surface area contributed by atoms with Gasteiger partial charge in [0.1, 0.15) is 3.53 Å². The monoisotopic (exact) mass is 312 g/mol. The van der Waals surface area contributed by atoms with Crippen LogP contribution < -0.4 is 0 Å². The molecule has 5 heteroatoms. The molecule has 0 saturated carbocycles. The van der Waals surface area contributed by atoms with E-state index in [1.165, 1.54) is 12.8 Å². The molecule has 0 bridgehead atoms. The molecule has 0 aromatic heterocycles. The van der Waals surface area contributed by atoms with Gasteiger partial charge in [-0.15, -0.1) is 23.5 Å². The summed E-state index contributed by atoms with van der Waals surface area (Å²) in [5.74, 6) is 0. The van der Waals surface area contributed by atoms with Crippen molar-refractivity contribution in [2.24, 2.45) is 0 Å². The van der Waals surface area contributed by atoms with E-state index < -0.39 is 0 Å². The maximum Gasteiger partial charge on any atom is 0.106 e. The van der Waals surface area contributed by atoms with Gasteiger partial charge in [0.25, 0.3) is 0 Å². The molecule has 0 spiro atoms. The molecule has 1 fully saturated rings. The molecule has 0 N–H and O–H groups in total. The fourth-order valence-corrected chi connectivity index (χ4v) is 9.12. The van der Waals surface area contributed by atoms with Crippen LogP contribution in [0.3, 0.4) is 0 Å². The second-order valence-electron chi connectivity index (χ2n) is 3.93. The smallest absolute Gasteiger partial charge is 0.106 e. The lowest BCUT2D eigenvalue weighted by molar-refractivity contribution is 0.899. The van der Waals surface area contributed by atoms with Gasteiger partial charge < -0.3 is 0 Å². The van der Waals surface area contributed by atoms with E-state index in [4.69, 9.17) is 12.2 Å². The third-order valence-electron chi connectivity index (χ3n) is 2.53. The Bertz CT molecular complexity index is 208. The minimum Gasteiger partial charge on any atom is -0.142 e. The number of hydrogen-bond donors (Lipinski definition) is 0. The molecule has 0 aliphatic carbocycles. The van der Waals surface area contributed by atoms with Crippen LogP contribution >= 0.6 is 59.3 Å². The average molecular weight is 313 g/mol. The quantitative estimate of drug-likeness (QED) is 0.595. The third-order valence-corrected chi connectivity index (χ3v) is 9.69. The fourth-order valence-electron chi connectivity index (χ4n) is 1.16. The molecule has 0 aromatic rings. The van der Waals surface area contributed by atoms with Crippen molar-refractivity contribution < 1.29 is 0 Å². The Kier molecular flexibility index (Phi) is 7.60. The number of hydrogen-bond acceptors (Lipinski definition) is 5. The average Bonchev–Trinajstić information content (AvgIpc) is 2.58. The van der Waals surface area contributed by atoms with Crippen molar-refractivity contribution in [3.05, 3.63) is 0 Å². The van der Waals surface area contributed by atoms with Crippen LogP contribution in [-0.2, 0) is 0 Å². The Balaban J connectivity index is 2.49. The molecule has 94 valence electrons. The molecule has 0 amide bonds. The summed E-state index contributed by atoms with van der Waals surface area (Å²) in [5, 5.41) is 1.50. The summed E-state index contributed by atoms with van der Waals surface area (Å²) in [5.41, 5.74) is 0. The van der Waals surface area contributed by atoms with Gasteiger partial charge in [0.05, 0.1) is 9.16 Å². The third kappa shape index (κ3) is 5.01. The summed E-state index contributed by atoms with van der Waals surface area (Å²) >= 11 is 13.4. The SMILES string of the molecule is CCC(C)SC1SC(=S)SC1SC(C)CC. The summed E-state index contributed by atoms with van der Waals surface area (Å²) in [7, 11) is 0. The second kappa shape index (κ2) is 7.82. The summed E-state index contributed by atoms with van der Waals surface area (Å²) in [6.07, 6.45) is 2.50. The van der Waals surface area contributed by atoms with E-state index in [9.17, 15) is 0 Å². The predicted octanol–water partition coefficient (Wildman–Crippen LogP) is 5.47. The topological polar surface area (TPSA) is 0 Å². The largest absolute Gasteiger partial charge is 0.142 e. The van der Waals surface area contributed by atoms with Crippen LogP contribution in [-0.4, -0.2) is 23.2 Å². The highest BCUT2D eigenvalue weighted by Gasteiger charge is 2.35. The number of rotatable bonds is 6. The molecule has 0 aromatic carbocycles. The molecular weight excluding hydrogens is 292 g/mol. The highest BCUT2D eigenvalue weighted by atomic mass is 32.3. The van der Waals surface area contributed by atoms with Gasteiger partial charge in [-0.25, -0.2) is 0 Å². The Morgan fingerprint density at radius 2 is 1.44 bits per heavy atom. The molecule has 16 heavy (non-hydrogen) atoms. The Hall–Kier alpha value is 1.49. The Morgan fingerprint density at radius 1 is 1.06 bits per heavy atom. The van der Waals surface area contributed by atoms with E-state index in [0.29, 0.717) is 9.16 Å². The lowest BCUT2D eigenvalue weighted by Crippen LogP contribution is -2.14. The van der Waals surface area contributed by atoms with Crippen molar-refractivity contribution in [3.8, 4) is 0 Å². The van der Waals surface area contributed by atoms with Crippen LogP contribution in [0.2, 0.25) is 0 Å². The highest BCUT2D eigenvalue weighted by Crippen LogP contribution is 2.52. The van der Waals surface area contributed by atoms with Crippen LogP contribution in [0.25, 0.3) is 0 Å². The van der Waals surface area contributed by atoms with Gasteiger partial charge in [-0.3, -0.25) is 0 Å². The molecule has 0 radical (unpaired) electrons. The van der Waals surface area contributed by atoms with E-state index in [0.717, 1.165) is 14.0 Å². The maximum atomic E-state index is 5.35. The van der Waals surface area contributed by atoms with Crippen molar-refractivity contribution in [1.82, 2.24) is 0 Å². The van der Waals surface area contributed by atoms with Crippen molar-refractivity contribution in [2.75, 3.05) is 0 Å². The van der Waals surface area contributed by atoms with Gasteiger partial charge in [-0.2, -0.15) is 0 Å². The van der Waals surface area contributed by atoms with Gasteiger partial charge in [0.15, 0.2) is 0 Å². The zero-order valence-corrected chi connectivity index (χ0v) is 14.3. The molecule has 4 unspecified atom stereocenters. The van der Waals surface area contributed by atoms with Gasteiger partial charge in [0, 0.05) is 10.5 Å². The summed E-state index contributed by atoms with van der Waals surface area (Å²) in [6, 6.07) is 0. The highest BCUT2D eigenvalue weighted by molar-refractivity contribution is 8.55. The van der Waals surface area contributed by atoms with Crippen molar-refractivity contribution in [1.29, 1.82) is 0 Å². The molecule has 1 heterocycles. The lowest BCUT2D eigenvalue weighted by Gasteiger charge is -2.21. The summed E-state index contributed by atoms with van der Waals surface area (Å²) in [6.45, 7) is 9.17. The second-order valence-corrected chi connectivity index (χ2v) is 11.2. The van der Waals surface area contributed by atoms with Gasteiger partial charge in [-0.1, -0.05) is 63.4 Å². The van der Waals surface area contributed by atoms with Crippen LogP contribution in [0.4, 0.5) is 0 Å². The first-order chi connectivity index (χ1) is 7.56. The van der Waals surface area contributed by atoms with Gasteiger partial charge in [-0.05, 0) is 12.8 Å².